The third-order valence-electron chi connectivity index (χ3n) is 5.60. The molecular weight excluding hydrogens is 347 g/mol. The van der Waals surface area contributed by atoms with Gasteiger partial charge < -0.3 is 21.1 Å². The molecule has 0 radical (unpaired) electrons. The number of nitrogen functional groups attached to an aromatic ring is 1. The molecule has 4 N–H and O–H groups in total. The highest BCUT2D eigenvalue weighted by Crippen LogP contribution is 2.55. The molecule has 0 atom stereocenters. The average molecular weight is 370 g/mol. The second-order valence-corrected chi connectivity index (χ2v) is 8.20. The van der Waals surface area contributed by atoms with Crippen molar-refractivity contribution < 1.29 is 14.3 Å². The van der Waals surface area contributed by atoms with Gasteiger partial charge in [-0.3, -0.25) is 4.79 Å². The zero-order valence-corrected chi connectivity index (χ0v) is 15.6. The maximum absolute atomic E-state index is 15.2. The molecule has 0 unspecified atom stereocenters. The number of hydrogen-bond donors (Lipinski definition) is 3. The molecule has 1 aliphatic carbocycles. The number of anilines is 2. The molecule has 1 aromatic heterocycles. The van der Waals surface area contributed by atoms with E-state index in [0.29, 0.717) is 24.9 Å². The van der Waals surface area contributed by atoms with E-state index >= 15 is 4.39 Å². The Kier molecular flexibility index (Phi) is 3.72. The Morgan fingerprint density at radius 3 is 2.70 bits per heavy atom. The minimum atomic E-state index is -0.683. The first-order chi connectivity index (χ1) is 12.6. The monoisotopic (exact) mass is 370 g/mol. The van der Waals surface area contributed by atoms with Gasteiger partial charge in [0.1, 0.15) is 11.6 Å². The summed E-state index contributed by atoms with van der Waals surface area (Å²) in [6.07, 6.45) is 2.87. The van der Waals surface area contributed by atoms with Crippen LogP contribution in [0.4, 0.5) is 15.9 Å². The molecule has 27 heavy (non-hydrogen) atoms. The van der Waals surface area contributed by atoms with E-state index in [2.05, 4.69) is 10.3 Å². The van der Waals surface area contributed by atoms with E-state index in [9.17, 15) is 9.90 Å². The summed E-state index contributed by atoms with van der Waals surface area (Å²) in [5.41, 5.74) is 6.86. The molecule has 0 bridgehead atoms. The van der Waals surface area contributed by atoms with Crippen LogP contribution in [0.25, 0.3) is 11.1 Å². The summed E-state index contributed by atoms with van der Waals surface area (Å²) in [7, 11) is 3.12. The number of benzene rings is 1. The number of pyridine rings is 1. The predicted molar refractivity (Wildman–Crippen MR) is 102 cm³/mol. The van der Waals surface area contributed by atoms with Crippen LogP contribution in [0, 0.1) is 5.82 Å². The standard InChI is InChI=1S/C20H23FN4O2/c1-19(27)8-20(9-19)10-24-17-13(20)6-11(7-23-17)12-4-5-14(22)15(16(12)21)18(26)25(2)3/h4-7,27H,8-10,22H2,1-3H3,(H,23,24)/t19-,20-. The van der Waals surface area contributed by atoms with Gasteiger partial charge in [0.15, 0.2) is 0 Å². The lowest BCUT2D eigenvalue weighted by Gasteiger charge is -2.49. The molecule has 6 nitrogen and oxygen atoms in total. The highest BCUT2D eigenvalue weighted by molar-refractivity contribution is 6.00. The Balaban J connectivity index is 1.79. The van der Waals surface area contributed by atoms with Crippen LogP contribution in [-0.2, 0) is 5.41 Å². The van der Waals surface area contributed by atoms with E-state index in [1.807, 2.05) is 13.0 Å². The Morgan fingerprint density at radius 2 is 2.07 bits per heavy atom. The summed E-state index contributed by atoms with van der Waals surface area (Å²) < 4.78 is 15.2. The number of halogens is 1. The molecular formula is C20H23FN4O2. The summed E-state index contributed by atoms with van der Waals surface area (Å²) in [6.45, 7) is 2.54. The van der Waals surface area contributed by atoms with Crippen molar-refractivity contribution in [3.8, 4) is 11.1 Å². The molecule has 1 aromatic carbocycles. The number of aromatic nitrogens is 1. The smallest absolute Gasteiger partial charge is 0.258 e. The number of nitrogens with zero attached hydrogens (tertiary/aromatic N) is 2. The first-order valence-corrected chi connectivity index (χ1v) is 8.90. The average Bonchev–Trinajstić information content (AvgIpc) is 2.92. The van der Waals surface area contributed by atoms with E-state index < -0.39 is 17.3 Å². The van der Waals surface area contributed by atoms with Crippen molar-refractivity contribution in [3.63, 3.8) is 0 Å². The summed E-state index contributed by atoms with van der Waals surface area (Å²) >= 11 is 0. The number of aliphatic hydroxyl groups is 1. The number of nitrogens with one attached hydrogen (secondary N) is 1. The number of carbonyl (C=O) groups excluding carboxylic acids is 1. The van der Waals surface area contributed by atoms with Crippen LogP contribution in [-0.4, -0.2) is 47.1 Å². The topological polar surface area (TPSA) is 91.5 Å². The van der Waals surface area contributed by atoms with Crippen LogP contribution in [0.2, 0.25) is 0 Å². The number of amides is 1. The van der Waals surface area contributed by atoms with Crippen LogP contribution >= 0.6 is 0 Å². The molecule has 1 amide bonds. The molecule has 0 saturated heterocycles. The first kappa shape index (κ1) is 17.7. The zero-order chi connectivity index (χ0) is 19.6. The van der Waals surface area contributed by atoms with E-state index in [1.54, 1.807) is 32.4 Å². The molecule has 1 aliphatic heterocycles. The predicted octanol–water partition coefficient (Wildman–Crippen LogP) is 2.38. The number of nitrogens with two attached hydrogens (primary N) is 1. The van der Waals surface area contributed by atoms with Crippen LogP contribution in [0.1, 0.15) is 35.7 Å². The fourth-order valence-corrected chi connectivity index (χ4v) is 4.48. The van der Waals surface area contributed by atoms with Gasteiger partial charge in [-0.1, -0.05) is 0 Å². The maximum Gasteiger partial charge on any atom is 0.258 e. The van der Waals surface area contributed by atoms with Gasteiger partial charge >= 0.3 is 0 Å². The number of fused-ring (bicyclic) bond motifs is 2. The molecule has 142 valence electrons. The van der Waals surface area contributed by atoms with Gasteiger partial charge in [0.25, 0.3) is 5.91 Å². The lowest BCUT2D eigenvalue weighted by atomic mass is 9.58. The maximum atomic E-state index is 15.2. The second kappa shape index (κ2) is 5.66. The number of carbonyl (C=O) groups is 1. The Bertz CT molecular complexity index is 947. The molecule has 7 heteroatoms. The summed E-state index contributed by atoms with van der Waals surface area (Å²) in [5.74, 6) is -0.347. The van der Waals surface area contributed by atoms with E-state index in [0.717, 1.165) is 11.4 Å². The van der Waals surface area contributed by atoms with E-state index in [-0.39, 0.29) is 22.2 Å². The molecule has 1 saturated carbocycles. The van der Waals surface area contributed by atoms with Crippen molar-refractivity contribution in [2.75, 3.05) is 31.7 Å². The van der Waals surface area contributed by atoms with Crippen molar-refractivity contribution in [1.82, 2.24) is 9.88 Å². The molecule has 4 rings (SSSR count). The highest BCUT2D eigenvalue weighted by Gasteiger charge is 2.55. The van der Waals surface area contributed by atoms with Gasteiger partial charge in [-0.15, -0.1) is 0 Å². The Hall–Kier alpha value is -2.67. The number of hydrogen-bond acceptors (Lipinski definition) is 5. The van der Waals surface area contributed by atoms with Gasteiger partial charge in [0, 0.05) is 54.6 Å². The van der Waals surface area contributed by atoms with Crippen LogP contribution < -0.4 is 11.1 Å². The van der Waals surface area contributed by atoms with Gasteiger partial charge in [-0.25, -0.2) is 9.37 Å². The molecule has 2 aliphatic rings. The van der Waals surface area contributed by atoms with Crippen molar-refractivity contribution in [3.05, 3.63) is 41.3 Å². The fraction of sp³-hybridized carbons (Fsp3) is 0.400. The quantitative estimate of drug-likeness (QED) is 0.706. The minimum absolute atomic E-state index is 0.109. The van der Waals surface area contributed by atoms with Crippen molar-refractivity contribution in [2.24, 2.45) is 0 Å². The van der Waals surface area contributed by atoms with Crippen molar-refractivity contribution in [2.45, 2.75) is 30.8 Å². The minimum Gasteiger partial charge on any atom is -0.398 e. The lowest BCUT2D eigenvalue weighted by molar-refractivity contribution is -0.0686. The van der Waals surface area contributed by atoms with Gasteiger partial charge in [0.05, 0.1) is 11.2 Å². The summed E-state index contributed by atoms with van der Waals surface area (Å²) in [6, 6.07) is 5.03. The van der Waals surface area contributed by atoms with Crippen molar-refractivity contribution >= 4 is 17.4 Å². The van der Waals surface area contributed by atoms with E-state index in [4.69, 9.17) is 5.73 Å². The van der Waals surface area contributed by atoms with Gasteiger partial charge in [0.2, 0.25) is 0 Å². The lowest BCUT2D eigenvalue weighted by Crippen LogP contribution is -2.53. The van der Waals surface area contributed by atoms with Crippen LogP contribution in [0.5, 0.6) is 0 Å². The second-order valence-electron chi connectivity index (χ2n) is 8.20. The normalized spacial score (nSPS) is 25.7. The molecule has 1 spiro atoms. The third kappa shape index (κ3) is 2.65. The summed E-state index contributed by atoms with van der Waals surface area (Å²) in [5, 5.41) is 13.5. The molecule has 2 aromatic rings. The van der Waals surface area contributed by atoms with Crippen LogP contribution in [0.15, 0.2) is 24.4 Å². The van der Waals surface area contributed by atoms with E-state index in [1.165, 1.54) is 4.90 Å². The third-order valence-corrected chi connectivity index (χ3v) is 5.60. The number of rotatable bonds is 2. The Labute approximate surface area is 157 Å². The fourth-order valence-electron chi connectivity index (χ4n) is 4.48. The first-order valence-electron chi connectivity index (χ1n) is 8.90. The molecule has 1 fully saturated rings. The van der Waals surface area contributed by atoms with Gasteiger partial charge in [-0.05, 0) is 38.0 Å². The van der Waals surface area contributed by atoms with Gasteiger partial charge in [-0.2, -0.15) is 0 Å². The van der Waals surface area contributed by atoms with Crippen LogP contribution in [0.3, 0.4) is 0 Å². The molecule has 2 heterocycles. The van der Waals surface area contributed by atoms with Crippen molar-refractivity contribution in [1.29, 1.82) is 0 Å². The zero-order valence-electron chi connectivity index (χ0n) is 15.6. The highest BCUT2D eigenvalue weighted by atomic mass is 19.1. The SMILES string of the molecule is CN(C)C(=O)c1c(N)ccc(-c2cnc3c(c2)[C@]2(CN3)C[C@@](C)(O)C2)c1F. The summed E-state index contributed by atoms with van der Waals surface area (Å²) in [4.78, 5) is 18.1. The largest absolute Gasteiger partial charge is 0.398 e. The Morgan fingerprint density at radius 1 is 1.37 bits per heavy atom.